The summed E-state index contributed by atoms with van der Waals surface area (Å²) in [4.78, 5) is 11.6. The van der Waals surface area contributed by atoms with Crippen LogP contribution in [0.5, 0.6) is 5.75 Å². The molecule has 2 rings (SSSR count). The van der Waals surface area contributed by atoms with Crippen LogP contribution in [0.25, 0.3) is 0 Å². The minimum Gasteiger partial charge on any atom is -0.497 e. The van der Waals surface area contributed by atoms with Crippen LogP contribution >= 0.6 is 0 Å². The lowest BCUT2D eigenvalue weighted by molar-refractivity contribution is -0.147. The van der Waals surface area contributed by atoms with Crippen molar-refractivity contribution in [1.82, 2.24) is 5.32 Å². The van der Waals surface area contributed by atoms with Gasteiger partial charge in [-0.05, 0) is 37.1 Å². The molecular formula is C13H17NO3. The van der Waals surface area contributed by atoms with Crippen LogP contribution in [0.4, 0.5) is 0 Å². The van der Waals surface area contributed by atoms with Gasteiger partial charge in [-0.2, -0.15) is 0 Å². The van der Waals surface area contributed by atoms with E-state index in [1.165, 1.54) is 0 Å². The first-order valence-electron chi connectivity index (χ1n) is 5.82. The molecule has 17 heavy (non-hydrogen) atoms. The molecule has 1 heterocycles. The average Bonchev–Trinajstić information content (AvgIpc) is 2.90. The fraction of sp³-hybridized carbons (Fsp3) is 0.462. The number of nitrogens with one attached hydrogen (secondary N) is 1. The first-order valence-corrected chi connectivity index (χ1v) is 5.82. The van der Waals surface area contributed by atoms with E-state index in [9.17, 15) is 4.79 Å². The zero-order valence-corrected chi connectivity index (χ0v) is 9.94. The van der Waals surface area contributed by atoms with Gasteiger partial charge >= 0.3 is 5.97 Å². The number of hydrogen-bond donors (Lipinski definition) is 1. The molecule has 0 unspecified atom stereocenters. The van der Waals surface area contributed by atoms with E-state index in [1.54, 1.807) is 7.11 Å². The molecule has 1 atom stereocenters. The molecule has 0 aliphatic carbocycles. The van der Waals surface area contributed by atoms with Crippen molar-refractivity contribution in [3.8, 4) is 5.75 Å². The number of benzene rings is 1. The van der Waals surface area contributed by atoms with Gasteiger partial charge in [0.15, 0.2) is 0 Å². The topological polar surface area (TPSA) is 47.6 Å². The van der Waals surface area contributed by atoms with E-state index in [2.05, 4.69) is 5.32 Å². The molecule has 1 aliphatic rings. The van der Waals surface area contributed by atoms with Crippen molar-refractivity contribution >= 4 is 5.97 Å². The zero-order chi connectivity index (χ0) is 12.1. The summed E-state index contributed by atoms with van der Waals surface area (Å²) in [5, 5.41) is 3.12. The Balaban J connectivity index is 1.82. The van der Waals surface area contributed by atoms with Gasteiger partial charge in [-0.25, -0.2) is 0 Å². The SMILES string of the molecule is COc1ccc(COC(=O)[C@H]2CCCN2)cc1. The molecule has 0 amide bonds. The molecule has 1 saturated heterocycles. The zero-order valence-electron chi connectivity index (χ0n) is 9.94. The third-order valence-electron chi connectivity index (χ3n) is 2.88. The van der Waals surface area contributed by atoms with Gasteiger partial charge in [-0.1, -0.05) is 12.1 Å². The molecule has 0 aromatic heterocycles. The van der Waals surface area contributed by atoms with Crippen molar-refractivity contribution in [3.63, 3.8) is 0 Å². The third kappa shape index (κ3) is 3.20. The molecule has 0 saturated carbocycles. The summed E-state index contributed by atoms with van der Waals surface area (Å²) >= 11 is 0. The highest BCUT2D eigenvalue weighted by molar-refractivity contribution is 5.76. The predicted molar refractivity (Wildman–Crippen MR) is 63.8 cm³/mol. The van der Waals surface area contributed by atoms with Gasteiger partial charge in [0.05, 0.1) is 7.11 Å². The molecule has 0 spiro atoms. The number of esters is 1. The number of carbonyl (C=O) groups is 1. The molecule has 1 fully saturated rings. The summed E-state index contributed by atoms with van der Waals surface area (Å²) in [5.74, 6) is 0.649. The minimum atomic E-state index is -0.154. The van der Waals surface area contributed by atoms with E-state index < -0.39 is 0 Å². The van der Waals surface area contributed by atoms with Crippen LogP contribution in [-0.4, -0.2) is 25.7 Å². The molecule has 0 radical (unpaired) electrons. The summed E-state index contributed by atoms with van der Waals surface area (Å²) in [5.41, 5.74) is 0.970. The Labute approximate surface area is 101 Å². The van der Waals surface area contributed by atoms with E-state index in [0.29, 0.717) is 6.61 Å². The molecule has 1 aliphatic heterocycles. The standard InChI is InChI=1S/C13H17NO3/c1-16-11-6-4-10(5-7-11)9-17-13(15)12-3-2-8-14-12/h4-7,12,14H,2-3,8-9H2,1H3/t12-/m1/s1. The average molecular weight is 235 g/mol. The second-order valence-corrected chi connectivity index (χ2v) is 4.10. The van der Waals surface area contributed by atoms with Crippen LogP contribution in [0.3, 0.4) is 0 Å². The van der Waals surface area contributed by atoms with Gasteiger partial charge in [0, 0.05) is 0 Å². The molecule has 1 aromatic rings. The summed E-state index contributed by atoms with van der Waals surface area (Å²) in [7, 11) is 1.63. The fourth-order valence-electron chi connectivity index (χ4n) is 1.86. The lowest BCUT2D eigenvalue weighted by Crippen LogP contribution is -2.32. The molecule has 4 heteroatoms. The molecular weight excluding hydrogens is 218 g/mol. The largest absolute Gasteiger partial charge is 0.497 e. The lowest BCUT2D eigenvalue weighted by Gasteiger charge is -2.10. The number of carbonyl (C=O) groups excluding carboxylic acids is 1. The fourth-order valence-corrected chi connectivity index (χ4v) is 1.86. The van der Waals surface area contributed by atoms with Crippen LogP contribution in [0.15, 0.2) is 24.3 Å². The molecule has 92 valence electrons. The van der Waals surface area contributed by atoms with Gasteiger partial charge in [0.2, 0.25) is 0 Å². The van der Waals surface area contributed by atoms with Gasteiger partial charge in [0.25, 0.3) is 0 Å². The molecule has 0 bridgehead atoms. The Bertz CT molecular complexity index is 369. The van der Waals surface area contributed by atoms with E-state index in [0.717, 1.165) is 30.7 Å². The van der Waals surface area contributed by atoms with Gasteiger partial charge in [-0.15, -0.1) is 0 Å². The molecule has 1 N–H and O–H groups in total. The van der Waals surface area contributed by atoms with Crippen molar-refractivity contribution in [2.24, 2.45) is 0 Å². The highest BCUT2D eigenvalue weighted by Gasteiger charge is 2.23. The van der Waals surface area contributed by atoms with E-state index in [1.807, 2.05) is 24.3 Å². The molecule has 1 aromatic carbocycles. The quantitative estimate of drug-likeness (QED) is 0.803. The van der Waals surface area contributed by atoms with Crippen molar-refractivity contribution in [3.05, 3.63) is 29.8 Å². The van der Waals surface area contributed by atoms with Crippen LogP contribution in [0, 0.1) is 0 Å². The number of rotatable bonds is 4. The molecule has 4 nitrogen and oxygen atoms in total. The van der Waals surface area contributed by atoms with Crippen molar-refractivity contribution in [2.75, 3.05) is 13.7 Å². The number of hydrogen-bond acceptors (Lipinski definition) is 4. The summed E-state index contributed by atoms with van der Waals surface area (Å²) in [6, 6.07) is 7.39. The van der Waals surface area contributed by atoms with Crippen LogP contribution in [-0.2, 0) is 16.1 Å². The number of ether oxygens (including phenoxy) is 2. The van der Waals surface area contributed by atoms with E-state index >= 15 is 0 Å². The first-order chi connectivity index (χ1) is 8.29. The predicted octanol–water partition coefficient (Wildman–Crippen LogP) is 1.49. The smallest absolute Gasteiger partial charge is 0.323 e. The second-order valence-electron chi connectivity index (χ2n) is 4.10. The van der Waals surface area contributed by atoms with Crippen molar-refractivity contribution in [2.45, 2.75) is 25.5 Å². The Hall–Kier alpha value is -1.55. The Morgan fingerprint density at radius 3 is 2.76 bits per heavy atom. The summed E-state index contributed by atoms with van der Waals surface area (Å²) in [6.45, 7) is 1.23. The van der Waals surface area contributed by atoms with Gasteiger partial charge in [-0.3, -0.25) is 4.79 Å². The second kappa shape index (κ2) is 5.68. The van der Waals surface area contributed by atoms with E-state index in [-0.39, 0.29) is 12.0 Å². The Morgan fingerprint density at radius 1 is 1.41 bits per heavy atom. The van der Waals surface area contributed by atoms with Crippen molar-refractivity contribution < 1.29 is 14.3 Å². The Morgan fingerprint density at radius 2 is 2.18 bits per heavy atom. The highest BCUT2D eigenvalue weighted by atomic mass is 16.5. The van der Waals surface area contributed by atoms with Crippen LogP contribution < -0.4 is 10.1 Å². The normalized spacial score (nSPS) is 19.0. The Kier molecular flexibility index (Phi) is 3.98. The van der Waals surface area contributed by atoms with Crippen LogP contribution in [0.1, 0.15) is 18.4 Å². The monoisotopic (exact) mass is 235 g/mol. The maximum absolute atomic E-state index is 11.6. The lowest BCUT2D eigenvalue weighted by atomic mass is 10.2. The first kappa shape index (κ1) is 11.9. The van der Waals surface area contributed by atoms with E-state index in [4.69, 9.17) is 9.47 Å². The maximum atomic E-state index is 11.6. The van der Waals surface area contributed by atoms with Gasteiger partial charge < -0.3 is 14.8 Å². The van der Waals surface area contributed by atoms with Crippen molar-refractivity contribution in [1.29, 1.82) is 0 Å². The maximum Gasteiger partial charge on any atom is 0.323 e. The summed E-state index contributed by atoms with van der Waals surface area (Å²) < 4.78 is 10.3. The number of methoxy groups -OCH3 is 1. The highest BCUT2D eigenvalue weighted by Crippen LogP contribution is 2.13. The van der Waals surface area contributed by atoms with Crippen LogP contribution in [0.2, 0.25) is 0 Å². The van der Waals surface area contributed by atoms with Gasteiger partial charge in [0.1, 0.15) is 18.4 Å². The minimum absolute atomic E-state index is 0.117. The third-order valence-corrected chi connectivity index (χ3v) is 2.88. The summed E-state index contributed by atoms with van der Waals surface area (Å²) in [6.07, 6.45) is 1.92.